The van der Waals surface area contributed by atoms with Crippen LogP contribution in [0.3, 0.4) is 0 Å². The van der Waals surface area contributed by atoms with Crippen LogP contribution < -0.4 is 15.6 Å². The number of nitrogens with one attached hydrogen (secondary N) is 2. The first-order valence-corrected chi connectivity index (χ1v) is 9.28. The van der Waals surface area contributed by atoms with Crippen molar-refractivity contribution in [1.82, 2.24) is 19.7 Å². The maximum atomic E-state index is 12.3. The SMILES string of the molecule is O=C(COCCOc1ccccc1)Nc1ccccc1-n1ncc2c(=O)[nH]cnc21. The molecule has 0 atom stereocenters. The van der Waals surface area contributed by atoms with Crippen LogP contribution in [0.1, 0.15) is 0 Å². The number of ether oxygens (including phenoxy) is 2. The Morgan fingerprint density at radius 3 is 2.73 bits per heavy atom. The highest BCUT2D eigenvalue weighted by atomic mass is 16.5. The third-order valence-corrected chi connectivity index (χ3v) is 4.25. The fourth-order valence-electron chi connectivity index (χ4n) is 2.88. The number of hydrogen-bond donors (Lipinski definition) is 2. The molecule has 0 bridgehead atoms. The van der Waals surface area contributed by atoms with Gasteiger partial charge in [0.15, 0.2) is 5.65 Å². The molecule has 0 fully saturated rings. The van der Waals surface area contributed by atoms with E-state index in [4.69, 9.17) is 9.47 Å². The molecule has 0 aliphatic rings. The summed E-state index contributed by atoms with van der Waals surface area (Å²) in [4.78, 5) is 30.9. The van der Waals surface area contributed by atoms with Crippen LogP contribution in [-0.4, -0.2) is 45.5 Å². The third-order valence-electron chi connectivity index (χ3n) is 4.25. The average Bonchev–Trinajstić information content (AvgIpc) is 3.20. The van der Waals surface area contributed by atoms with Crippen molar-refractivity contribution in [2.45, 2.75) is 0 Å². The molecule has 0 aliphatic carbocycles. The van der Waals surface area contributed by atoms with E-state index in [1.54, 1.807) is 18.2 Å². The van der Waals surface area contributed by atoms with Crippen molar-refractivity contribution in [1.29, 1.82) is 0 Å². The number of fused-ring (bicyclic) bond motifs is 1. The number of benzene rings is 2. The topological polar surface area (TPSA) is 111 Å². The predicted molar refractivity (Wildman–Crippen MR) is 111 cm³/mol. The number of para-hydroxylation sites is 3. The summed E-state index contributed by atoms with van der Waals surface area (Å²) >= 11 is 0. The van der Waals surface area contributed by atoms with E-state index < -0.39 is 0 Å². The first-order valence-electron chi connectivity index (χ1n) is 9.28. The van der Waals surface area contributed by atoms with Gasteiger partial charge in [0.05, 0.1) is 30.5 Å². The van der Waals surface area contributed by atoms with Crippen molar-refractivity contribution < 1.29 is 14.3 Å². The van der Waals surface area contributed by atoms with Crippen LogP contribution in [0.4, 0.5) is 5.69 Å². The third kappa shape index (κ3) is 4.36. The number of rotatable bonds is 8. The van der Waals surface area contributed by atoms with Gasteiger partial charge in [-0.15, -0.1) is 0 Å². The lowest BCUT2D eigenvalue weighted by atomic mass is 10.2. The summed E-state index contributed by atoms with van der Waals surface area (Å²) in [7, 11) is 0. The Hall–Kier alpha value is -3.98. The maximum absolute atomic E-state index is 12.3. The molecule has 4 aromatic rings. The monoisotopic (exact) mass is 405 g/mol. The van der Waals surface area contributed by atoms with Crippen molar-refractivity contribution in [2.24, 2.45) is 0 Å². The molecule has 0 spiro atoms. The Kier molecular flexibility index (Phi) is 5.81. The van der Waals surface area contributed by atoms with Crippen LogP contribution in [0.15, 0.2) is 71.9 Å². The van der Waals surface area contributed by atoms with Gasteiger partial charge in [0.1, 0.15) is 24.3 Å². The van der Waals surface area contributed by atoms with Crippen LogP contribution in [0.5, 0.6) is 5.75 Å². The Balaban J connectivity index is 1.37. The van der Waals surface area contributed by atoms with Crippen LogP contribution >= 0.6 is 0 Å². The van der Waals surface area contributed by atoms with E-state index in [1.165, 1.54) is 17.2 Å². The first kappa shape index (κ1) is 19.3. The van der Waals surface area contributed by atoms with Gasteiger partial charge in [-0.25, -0.2) is 9.67 Å². The van der Waals surface area contributed by atoms with Gasteiger partial charge in [0.25, 0.3) is 5.56 Å². The number of H-pyrrole nitrogens is 1. The predicted octanol–water partition coefficient (Wildman–Crippen LogP) is 2.14. The molecule has 4 rings (SSSR count). The molecule has 2 aromatic heterocycles. The van der Waals surface area contributed by atoms with Gasteiger partial charge in [-0.2, -0.15) is 5.10 Å². The fourth-order valence-corrected chi connectivity index (χ4v) is 2.88. The van der Waals surface area contributed by atoms with E-state index in [0.29, 0.717) is 29.0 Å². The summed E-state index contributed by atoms with van der Waals surface area (Å²) in [5, 5.41) is 7.41. The van der Waals surface area contributed by atoms with Crippen molar-refractivity contribution in [3.05, 3.63) is 77.5 Å². The highest BCUT2D eigenvalue weighted by Gasteiger charge is 2.13. The second-order valence-electron chi connectivity index (χ2n) is 6.30. The number of anilines is 1. The van der Waals surface area contributed by atoms with Crippen LogP contribution in [0.25, 0.3) is 16.7 Å². The zero-order valence-corrected chi connectivity index (χ0v) is 15.9. The lowest BCUT2D eigenvalue weighted by Crippen LogP contribution is -2.21. The summed E-state index contributed by atoms with van der Waals surface area (Å²) in [5.74, 6) is 0.433. The minimum atomic E-state index is -0.315. The lowest BCUT2D eigenvalue weighted by molar-refractivity contribution is -0.120. The number of aromatic nitrogens is 4. The minimum Gasteiger partial charge on any atom is -0.491 e. The molecule has 0 radical (unpaired) electrons. The van der Waals surface area contributed by atoms with Crippen LogP contribution in [0.2, 0.25) is 0 Å². The summed E-state index contributed by atoms with van der Waals surface area (Å²) in [5.41, 5.74) is 1.23. The van der Waals surface area contributed by atoms with Gasteiger partial charge in [-0.3, -0.25) is 9.59 Å². The summed E-state index contributed by atoms with van der Waals surface area (Å²) < 4.78 is 12.4. The van der Waals surface area contributed by atoms with E-state index in [2.05, 4.69) is 20.4 Å². The Morgan fingerprint density at radius 2 is 1.87 bits per heavy atom. The zero-order valence-electron chi connectivity index (χ0n) is 15.9. The summed E-state index contributed by atoms with van der Waals surface area (Å²) in [6, 6.07) is 16.5. The minimum absolute atomic E-state index is 0.121. The van der Waals surface area contributed by atoms with E-state index in [9.17, 15) is 9.59 Å². The molecule has 0 saturated carbocycles. The highest BCUT2D eigenvalue weighted by Crippen LogP contribution is 2.22. The molecule has 2 aromatic carbocycles. The van der Waals surface area contributed by atoms with E-state index in [-0.39, 0.29) is 24.7 Å². The van der Waals surface area contributed by atoms with Crippen molar-refractivity contribution in [3.8, 4) is 11.4 Å². The number of nitrogens with zero attached hydrogens (tertiary/aromatic N) is 3. The van der Waals surface area contributed by atoms with Crippen molar-refractivity contribution >= 4 is 22.6 Å². The quantitative estimate of drug-likeness (QED) is 0.435. The molecular weight excluding hydrogens is 386 g/mol. The molecular formula is C21H19N5O4. The summed E-state index contributed by atoms with van der Waals surface area (Å²) in [6.07, 6.45) is 2.75. The standard InChI is InChI=1S/C21H19N5O4/c27-19(13-29-10-11-30-15-6-2-1-3-7-15)25-17-8-4-5-9-18(17)26-20-16(12-24-26)21(28)23-14-22-20/h1-9,12,14H,10-11,13H2,(H,25,27)(H,22,23,28). The molecule has 0 unspecified atom stereocenters. The number of carbonyl (C=O) groups excluding carboxylic acids is 1. The summed E-state index contributed by atoms with van der Waals surface area (Å²) in [6.45, 7) is 0.498. The first-order chi connectivity index (χ1) is 14.7. The highest BCUT2D eigenvalue weighted by molar-refractivity contribution is 5.94. The van der Waals surface area contributed by atoms with Gasteiger partial charge in [0, 0.05) is 0 Å². The normalized spacial score (nSPS) is 10.8. The van der Waals surface area contributed by atoms with Crippen molar-refractivity contribution in [3.63, 3.8) is 0 Å². The van der Waals surface area contributed by atoms with Gasteiger partial charge < -0.3 is 19.8 Å². The largest absolute Gasteiger partial charge is 0.491 e. The van der Waals surface area contributed by atoms with Crippen molar-refractivity contribution in [2.75, 3.05) is 25.1 Å². The molecule has 1 amide bonds. The second kappa shape index (κ2) is 9.01. The molecule has 9 nitrogen and oxygen atoms in total. The van der Waals surface area contributed by atoms with Gasteiger partial charge in [0.2, 0.25) is 5.91 Å². The van der Waals surface area contributed by atoms with Gasteiger partial charge in [-0.05, 0) is 24.3 Å². The second-order valence-corrected chi connectivity index (χ2v) is 6.30. The van der Waals surface area contributed by atoms with Gasteiger partial charge >= 0.3 is 0 Å². The van der Waals surface area contributed by atoms with Crippen LogP contribution in [0, 0.1) is 0 Å². The van der Waals surface area contributed by atoms with E-state index >= 15 is 0 Å². The average molecular weight is 405 g/mol. The lowest BCUT2D eigenvalue weighted by Gasteiger charge is -2.12. The molecule has 2 heterocycles. The number of amides is 1. The molecule has 152 valence electrons. The molecule has 9 heteroatoms. The Morgan fingerprint density at radius 1 is 1.07 bits per heavy atom. The molecule has 0 saturated heterocycles. The zero-order chi connectivity index (χ0) is 20.8. The molecule has 2 N–H and O–H groups in total. The van der Waals surface area contributed by atoms with E-state index in [0.717, 1.165) is 5.75 Å². The van der Waals surface area contributed by atoms with E-state index in [1.807, 2.05) is 36.4 Å². The number of hydrogen-bond acceptors (Lipinski definition) is 6. The smallest absolute Gasteiger partial charge is 0.261 e. The Bertz CT molecular complexity index is 1200. The maximum Gasteiger partial charge on any atom is 0.261 e. The number of carbonyl (C=O) groups is 1. The number of aromatic amines is 1. The van der Waals surface area contributed by atoms with Gasteiger partial charge in [-0.1, -0.05) is 30.3 Å². The van der Waals surface area contributed by atoms with Crippen LogP contribution in [-0.2, 0) is 9.53 Å². The Labute approximate surface area is 171 Å². The molecule has 0 aliphatic heterocycles. The molecule has 30 heavy (non-hydrogen) atoms. The fraction of sp³-hybridized carbons (Fsp3) is 0.143.